The van der Waals surface area contributed by atoms with Gasteiger partial charge in [-0.25, -0.2) is 8.78 Å². The summed E-state index contributed by atoms with van der Waals surface area (Å²) >= 11 is 0. The number of β-amino-alcohol motifs (C(OH)–C–C–N with tert-alkyl or cyclic N) is 1. The summed E-state index contributed by atoms with van der Waals surface area (Å²) in [5.41, 5.74) is 5.85. The highest BCUT2D eigenvalue weighted by molar-refractivity contribution is 6.03. The zero-order valence-electron chi connectivity index (χ0n) is 29.6. The lowest BCUT2D eigenvalue weighted by molar-refractivity contribution is -0.136. The van der Waals surface area contributed by atoms with E-state index in [4.69, 9.17) is 14.6 Å². The van der Waals surface area contributed by atoms with E-state index in [0.717, 1.165) is 52.8 Å². The van der Waals surface area contributed by atoms with Crippen molar-refractivity contribution in [1.82, 2.24) is 20.4 Å². The first kappa shape index (κ1) is 38.0. The van der Waals surface area contributed by atoms with Gasteiger partial charge in [0.25, 0.3) is 12.4 Å². The minimum Gasteiger partial charge on any atom is -0.488 e. The molecule has 13 heteroatoms. The standard InChI is InChI=1S/C39H43F3N4O4.CH2O2/c1-23-5-2-3-7-26(23)20-46(28-12-13-28)39(49)35-30(17-27-21-45(22-34(35)44-27)38(48)33-18-29(47)19-43-33)25-10-8-24(9-11-25)6-4-16-50-37-32(41)15-14-31(40)36(37)42;2-1-3/h2-3,5,7-11,14-15,27-29,33-34,43-44,47H,4,6,12-13,16-22H2,1H3;1H,(H,2,3)/t27-,29+,33?,34-;/m0./s1. The van der Waals surface area contributed by atoms with Gasteiger partial charge in [-0.3, -0.25) is 14.4 Å². The van der Waals surface area contributed by atoms with Gasteiger partial charge in [0, 0.05) is 43.8 Å². The number of nitrogens with zero attached hydrogens (tertiary/aromatic N) is 2. The molecule has 1 aliphatic carbocycles. The molecule has 2 amide bonds. The largest absolute Gasteiger partial charge is 0.488 e. The van der Waals surface area contributed by atoms with Crippen molar-refractivity contribution in [3.8, 4) is 5.75 Å². The lowest BCUT2D eigenvalue weighted by Gasteiger charge is -2.45. The second kappa shape index (κ2) is 17.0. The van der Waals surface area contributed by atoms with E-state index in [1.807, 2.05) is 46.2 Å². The van der Waals surface area contributed by atoms with E-state index in [9.17, 15) is 27.9 Å². The van der Waals surface area contributed by atoms with Crippen molar-refractivity contribution in [2.45, 2.75) is 82.3 Å². The van der Waals surface area contributed by atoms with Gasteiger partial charge in [-0.05, 0) is 85.4 Å². The molecule has 4 atom stereocenters. The summed E-state index contributed by atoms with van der Waals surface area (Å²) in [5.74, 6) is -4.20. The van der Waals surface area contributed by atoms with Crippen LogP contribution in [0.1, 0.15) is 54.4 Å². The van der Waals surface area contributed by atoms with Crippen LogP contribution in [0.5, 0.6) is 5.75 Å². The van der Waals surface area contributed by atoms with Gasteiger partial charge in [0.15, 0.2) is 17.4 Å². The van der Waals surface area contributed by atoms with Crippen LogP contribution < -0.4 is 15.4 Å². The molecule has 0 radical (unpaired) electrons. The minimum absolute atomic E-state index is 0.0107. The second-order valence-corrected chi connectivity index (χ2v) is 14.1. The number of ether oxygens (including phenoxy) is 1. The van der Waals surface area contributed by atoms with Crippen LogP contribution in [0.15, 0.2) is 66.2 Å². The summed E-state index contributed by atoms with van der Waals surface area (Å²) in [5, 5.41) is 23.8. The Bertz CT molecular complexity index is 1840. The van der Waals surface area contributed by atoms with E-state index < -0.39 is 35.3 Å². The van der Waals surface area contributed by atoms with Crippen LogP contribution in [-0.4, -0.2) is 94.8 Å². The third kappa shape index (κ3) is 8.91. The topological polar surface area (TPSA) is 131 Å². The molecule has 53 heavy (non-hydrogen) atoms. The van der Waals surface area contributed by atoms with Gasteiger partial charge in [0.1, 0.15) is 0 Å². The molecule has 1 saturated carbocycles. The monoisotopic (exact) mass is 734 g/mol. The first-order valence-electron chi connectivity index (χ1n) is 18.1. The van der Waals surface area contributed by atoms with Crippen molar-refractivity contribution >= 4 is 23.9 Å². The Kier molecular flexibility index (Phi) is 12.2. The Balaban J connectivity index is 0.00000155. The lowest BCUT2D eigenvalue weighted by Crippen LogP contribution is -2.63. The lowest BCUT2D eigenvalue weighted by atomic mass is 9.82. The number of nitrogens with one attached hydrogen (secondary N) is 2. The number of benzene rings is 3. The van der Waals surface area contributed by atoms with Gasteiger partial charge in [-0.2, -0.15) is 4.39 Å². The molecule has 4 aliphatic rings. The molecule has 2 saturated heterocycles. The van der Waals surface area contributed by atoms with E-state index >= 15 is 0 Å². The Morgan fingerprint density at radius 1 is 1.02 bits per heavy atom. The number of aliphatic hydroxyl groups is 1. The summed E-state index contributed by atoms with van der Waals surface area (Å²) in [6, 6.07) is 17.1. The van der Waals surface area contributed by atoms with Gasteiger partial charge < -0.3 is 35.4 Å². The fraction of sp³-hybridized carbons (Fsp3) is 0.425. The quantitative estimate of drug-likeness (QED) is 0.130. The van der Waals surface area contributed by atoms with Crippen LogP contribution in [0.3, 0.4) is 0 Å². The highest BCUT2D eigenvalue weighted by Crippen LogP contribution is 2.38. The Hall–Kier alpha value is -4.72. The molecule has 3 aromatic rings. The number of piperazine rings is 1. The Morgan fingerprint density at radius 3 is 2.42 bits per heavy atom. The van der Waals surface area contributed by atoms with Crippen molar-refractivity contribution in [2.75, 3.05) is 26.2 Å². The van der Waals surface area contributed by atoms with Crippen LogP contribution in [0.4, 0.5) is 13.2 Å². The molecule has 4 N–H and O–H groups in total. The number of carbonyl (C=O) groups is 3. The molecule has 10 nitrogen and oxygen atoms in total. The van der Waals surface area contributed by atoms with Gasteiger partial charge in [0.05, 0.1) is 24.8 Å². The highest BCUT2D eigenvalue weighted by atomic mass is 19.2. The average molecular weight is 735 g/mol. The maximum Gasteiger partial charge on any atom is 0.290 e. The van der Waals surface area contributed by atoms with Crippen molar-refractivity contribution in [2.24, 2.45) is 0 Å². The first-order valence-corrected chi connectivity index (χ1v) is 18.1. The molecular formula is C40H45F3N4O6. The third-order valence-corrected chi connectivity index (χ3v) is 10.4. The van der Waals surface area contributed by atoms with Gasteiger partial charge in [-0.1, -0.05) is 48.5 Å². The van der Waals surface area contributed by atoms with Crippen molar-refractivity contribution < 1.29 is 42.5 Å². The fourth-order valence-electron chi connectivity index (χ4n) is 7.52. The summed E-state index contributed by atoms with van der Waals surface area (Å²) in [4.78, 5) is 40.5. The number of aliphatic hydroxyl groups excluding tert-OH is 1. The summed E-state index contributed by atoms with van der Waals surface area (Å²) in [6.45, 7) is 3.61. The number of hydrogen-bond acceptors (Lipinski definition) is 7. The molecule has 7 rings (SSSR count). The molecular weight excluding hydrogens is 689 g/mol. The molecule has 282 valence electrons. The molecule has 3 aliphatic heterocycles. The van der Waals surface area contributed by atoms with Crippen LogP contribution in [0, 0.1) is 24.4 Å². The van der Waals surface area contributed by atoms with Gasteiger partial charge >= 0.3 is 0 Å². The number of carboxylic acid groups (broad SMARTS) is 1. The number of aryl methyl sites for hydroxylation is 2. The van der Waals surface area contributed by atoms with E-state index in [0.29, 0.717) is 57.4 Å². The molecule has 3 fully saturated rings. The fourth-order valence-corrected chi connectivity index (χ4v) is 7.52. The Morgan fingerprint density at radius 2 is 1.74 bits per heavy atom. The van der Waals surface area contributed by atoms with Crippen LogP contribution >= 0.6 is 0 Å². The predicted octanol–water partition coefficient (Wildman–Crippen LogP) is 4.37. The third-order valence-electron chi connectivity index (χ3n) is 10.4. The van der Waals surface area contributed by atoms with E-state index in [1.165, 1.54) is 0 Å². The SMILES string of the molecule is Cc1ccccc1CN(C(=O)C1=C(c2ccc(CCCOc3c(F)ccc(F)c3F)cc2)C[C@H]2CN(C(=O)C3C[C@@H](O)CN3)C[C@@H]1N2)C1CC1.O=CO. The zero-order valence-corrected chi connectivity index (χ0v) is 29.6. The smallest absolute Gasteiger partial charge is 0.290 e. The first-order chi connectivity index (χ1) is 25.6. The molecule has 1 unspecified atom stereocenters. The van der Waals surface area contributed by atoms with E-state index in [2.05, 4.69) is 29.7 Å². The number of halogens is 3. The summed E-state index contributed by atoms with van der Waals surface area (Å²) in [7, 11) is 0. The predicted molar refractivity (Wildman–Crippen MR) is 191 cm³/mol. The van der Waals surface area contributed by atoms with Crippen molar-refractivity contribution in [1.29, 1.82) is 0 Å². The normalized spacial score (nSPS) is 22.2. The molecule has 0 aromatic heterocycles. The van der Waals surface area contributed by atoms with Crippen LogP contribution in [0.2, 0.25) is 0 Å². The number of fused-ring (bicyclic) bond motifs is 2. The summed E-state index contributed by atoms with van der Waals surface area (Å²) < 4.78 is 46.7. The van der Waals surface area contributed by atoms with E-state index in [-0.39, 0.29) is 43.0 Å². The average Bonchev–Trinajstić information content (AvgIpc) is 3.90. The maximum absolute atomic E-state index is 14.8. The van der Waals surface area contributed by atoms with Crippen molar-refractivity contribution in [3.63, 3.8) is 0 Å². The molecule has 3 aromatic carbocycles. The van der Waals surface area contributed by atoms with Gasteiger partial charge in [0.2, 0.25) is 11.7 Å². The van der Waals surface area contributed by atoms with Crippen LogP contribution in [-0.2, 0) is 27.3 Å². The minimum atomic E-state index is -1.33. The van der Waals surface area contributed by atoms with Crippen molar-refractivity contribution in [3.05, 3.63) is 106 Å². The zero-order chi connectivity index (χ0) is 37.6. The van der Waals surface area contributed by atoms with Crippen LogP contribution in [0.25, 0.3) is 5.57 Å². The Labute approximate surface area is 306 Å². The second-order valence-electron chi connectivity index (χ2n) is 14.1. The molecule has 0 spiro atoms. The van der Waals surface area contributed by atoms with Gasteiger partial charge in [-0.15, -0.1) is 0 Å². The number of carbonyl (C=O) groups excluding carboxylic acids is 2. The molecule has 3 heterocycles. The maximum atomic E-state index is 14.8. The number of amides is 2. The molecule has 2 bridgehead atoms. The summed E-state index contributed by atoms with van der Waals surface area (Å²) in [6.07, 6.45) is 3.36. The van der Waals surface area contributed by atoms with E-state index in [1.54, 1.807) is 0 Å². The number of rotatable bonds is 11. The number of hydrogen-bond donors (Lipinski definition) is 4. The highest BCUT2D eigenvalue weighted by Gasteiger charge is 2.44.